The molecule has 1 aromatic rings. The van der Waals surface area contributed by atoms with E-state index in [1.54, 1.807) is 30.6 Å². The lowest BCUT2D eigenvalue weighted by atomic mass is 10.2. The first kappa shape index (κ1) is 18.2. The van der Waals surface area contributed by atoms with E-state index in [2.05, 4.69) is 0 Å². The number of aldehydes is 1. The highest BCUT2D eigenvalue weighted by molar-refractivity contribution is 5.95. The minimum absolute atomic E-state index is 0.138. The molecule has 2 heterocycles. The number of benzene rings is 1. The van der Waals surface area contributed by atoms with Crippen LogP contribution in [0.1, 0.15) is 31.1 Å². The molecule has 2 fully saturated rings. The molecular formula is C18H22FN3O4. The molecule has 0 unspecified atom stereocenters. The van der Waals surface area contributed by atoms with E-state index in [1.807, 2.05) is 0 Å². The monoisotopic (exact) mass is 363 g/mol. The number of nitrogens with zero attached hydrogens (tertiary/aromatic N) is 3. The van der Waals surface area contributed by atoms with Gasteiger partial charge in [-0.1, -0.05) is 0 Å². The van der Waals surface area contributed by atoms with Crippen molar-refractivity contribution < 1.29 is 23.5 Å². The van der Waals surface area contributed by atoms with Crippen LogP contribution in [0.25, 0.3) is 0 Å². The second-order valence-corrected chi connectivity index (χ2v) is 7.50. The molecule has 3 amide bonds. The average molecular weight is 363 g/mol. The third-order valence-corrected chi connectivity index (χ3v) is 4.40. The molecule has 140 valence electrons. The highest BCUT2D eigenvalue weighted by Crippen LogP contribution is 2.29. The Balaban J connectivity index is 1.73. The molecule has 0 N–H and O–H groups in total. The Bertz CT molecular complexity index is 746. The van der Waals surface area contributed by atoms with Crippen LogP contribution >= 0.6 is 0 Å². The fourth-order valence-electron chi connectivity index (χ4n) is 3.22. The first-order valence-corrected chi connectivity index (χ1v) is 8.50. The molecule has 7 nitrogen and oxygen atoms in total. The van der Waals surface area contributed by atoms with Gasteiger partial charge in [0.05, 0.1) is 18.3 Å². The van der Waals surface area contributed by atoms with Crippen molar-refractivity contribution in [3.8, 4) is 0 Å². The van der Waals surface area contributed by atoms with Crippen LogP contribution in [0.2, 0.25) is 0 Å². The number of piperazine rings is 1. The first-order chi connectivity index (χ1) is 12.2. The first-order valence-electron chi connectivity index (χ1n) is 8.50. The summed E-state index contributed by atoms with van der Waals surface area (Å²) >= 11 is 0. The van der Waals surface area contributed by atoms with Crippen molar-refractivity contribution >= 4 is 24.1 Å². The summed E-state index contributed by atoms with van der Waals surface area (Å²) in [5.74, 6) is -0.619. The molecule has 3 rings (SSSR count). The van der Waals surface area contributed by atoms with Gasteiger partial charge in [-0.2, -0.15) is 0 Å². The largest absolute Gasteiger partial charge is 0.444 e. The number of carbonyl (C=O) groups excluding carboxylic acids is 3. The molecule has 2 aliphatic heterocycles. The van der Waals surface area contributed by atoms with Gasteiger partial charge in [0.1, 0.15) is 17.7 Å². The van der Waals surface area contributed by atoms with Crippen molar-refractivity contribution in [3.05, 3.63) is 29.6 Å². The van der Waals surface area contributed by atoms with Gasteiger partial charge in [-0.15, -0.1) is 0 Å². The van der Waals surface area contributed by atoms with E-state index in [-0.39, 0.29) is 29.9 Å². The number of hydrogen-bond acceptors (Lipinski definition) is 4. The number of rotatable bonds is 2. The fraction of sp³-hybridized carbons (Fsp3) is 0.500. The Morgan fingerprint density at radius 1 is 1.27 bits per heavy atom. The highest BCUT2D eigenvalue weighted by atomic mass is 19.1. The Labute approximate surface area is 151 Å². The molecule has 0 saturated carbocycles. The normalized spacial score (nSPS) is 20.2. The summed E-state index contributed by atoms with van der Waals surface area (Å²) < 4.78 is 19.7. The maximum Gasteiger partial charge on any atom is 0.410 e. The number of amides is 3. The number of anilines is 1. The van der Waals surface area contributed by atoms with Crippen molar-refractivity contribution in [2.75, 3.05) is 31.1 Å². The highest BCUT2D eigenvalue weighted by Gasteiger charge is 2.43. The Hall–Kier alpha value is -2.64. The van der Waals surface area contributed by atoms with Gasteiger partial charge in [-0.25, -0.2) is 14.0 Å². The zero-order chi connectivity index (χ0) is 19.1. The lowest BCUT2D eigenvalue weighted by Crippen LogP contribution is -2.54. The molecule has 0 spiro atoms. The molecule has 2 aliphatic rings. The molecule has 26 heavy (non-hydrogen) atoms. The molecule has 2 saturated heterocycles. The van der Waals surface area contributed by atoms with E-state index >= 15 is 0 Å². The van der Waals surface area contributed by atoms with Crippen LogP contribution in [0.4, 0.5) is 19.7 Å². The van der Waals surface area contributed by atoms with Crippen molar-refractivity contribution in [3.63, 3.8) is 0 Å². The smallest absolute Gasteiger partial charge is 0.410 e. The quantitative estimate of drug-likeness (QED) is 0.757. The maximum absolute atomic E-state index is 14.3. The number of carbonyl (C=O) groups is 3. The lowest BCUT2D eigenvalue weighted by Gasteiger charge is -2.36. The Kier molecular flexibility index (Phi) is 4.60. The van der Waals surface area contributed by atoms with Crippen molar-refractivity contribution in [1.82, 2.24) is 9.80 Å². The maximum atomic E-state index is 14.3. The predicted molar refractivity (Wildman–Crippen MR) is 92.8 cm³/mol. The molecule has 0 aliphatic carbocycles. The van der Waals surface area contributed by atoms with Gasteiger partial charge in [-0.3, -0.25) is 9.69 Å². The molecule has 0 bridgehead atoms. The van der Waals surface area contributed by atoms with Crippen LogP contribution in [0.3, 0.4) is 0 Å². The number of hydrogen-bond donors (Lipinski definition) is 0. The zero-order valence-electron chi connectivity index (χ0n) is 15.1. The van der Waals surface area contributed by atoms with Crippen LogP contribution in [0.5, 0.6) is 0 Å². The van der Waals surface area contributed by atoms with Gasteiger partial charge >= 0.3 is 12.1 Å². The van der Waals surface area contributed by atoms with Gasteiger partial charge in [-0.05, 0) is 39.0 Å². The van der Waals surface area contributed by atoms with Crippen LogP contribution in [-0.4, -0.2) is 66.0 Å². The molecule has 8 heteroatoms. The van der Waals surface area contributed by atoms with Gasteiger partial charge in [0, 0.05) is 25.2 Å². The number of fused-ring (bicyclic) bond motifs is 1. The SMILES string of the molecule is CC(C)(C)OC(=O)N1CCN2C(=O)N(c3ccc(C=O)cc3F)C[C@@H]2C1. The van der Waals surface area contributed by atoms with E-state index < -0.39 is 17.5 Å². The fourth-order valence-corrected chi connectivity index (χ4v) is 3.22. The summed E-state index contributed by atoms with van der Waals surface area (Å²) in [6.45, 7) is 6.75. The summed E-state index contributed by atoms with van der Waals surface area (Å²) in [5, 5.41) is 0. The summed E-state index contributed by atoms with van der Waals surface area (Å²) in [6.07, 6.45) is 0.144. The van der Waals surface area contributed by atoms with Gasteiger partial charge in [0.25, 0.3) is 0 Å². The molecule has 1 aromatic carbocycles. The molecule has 1 atom stereocenters. The molecule has 0 aromatic heterocycles. The van der Waals surface area contributed by atoms with Crippen LogP contribution in [-0.2, 0) is 4.74 Å². The van der Waals surface area contributed by atoms with Gasteiger partial charge in [0.15, 0.2) is 0 Å². The minimum atomic E-state index is -0.619. The summed E-state index contributed by atoms with van der Waals surface area (Å²) in [7, 11) is 0. The number of halogens is 1. The predicted octanol–water partition coefficient (Wildman–Crippen LogP) is 2.50. The Morgan fingerprint density at radius 3 is 2.62 bits per heavy atom. The Morgan fingerprint density at radius 2 is 2.00 bits per heavy atom. The standard InChI is InChI=1S/C18H22FN3O4/c1-18(2,3)26-17(25)20-6-7-21-13(9-20)10-22(16(21)24)15-5-4-12(11-23)8-14(15)19/h4-5,8,11,13H,6-7,9-10H2,1-3H3/t13-/m0/s1. The van der Waals surface area contributed by atoms with Crippen LogP contribution < -0.4 is 4.90 Å². The summed E-state index contributed by atoms with van der Waals surface area (Å²) in [6, 6.07) is 3.50. The second kappa shape index (κ2) is 6.59. The topological polar surface area (TPSA) is 70.2 Å². The van der Waals surface area contributed by atoms with Gasteiger partial charge < -0.3 is 14.5 Å². The van der Waals surface area contributed by atoms with E-state index in [1.165, 1.54) is 17.0 Å². The third kappa shape index (κ3) is 3.49. The second-order valence-electron chi connectivity index (χ2n) is 7.50. The van der Waals surface area contributed by atoms with Crippen molar-refractivity contribution in [1.29, 1.82) is 0 Å². The van der Waals surface area contributed by atoms with Crippen LogP contribution in [0, 0.1) is 5.82 Å². The summed E-state index contributed by atoms with van der Waals surface area (Å²) in [5.41, 5.74) is -0.236. The van der Waals surface area contributed by atoms with Crippen LogP contribution in [0.15, 0.2) is 18.2 Å². The molecular weight excluding hydrogens is 341 g/mol. The van der Waals surface area contributed by atoms with Crippen molar-refractivity contribution in [2.45, 2.75) is 32.4 Å². The minimum Gasteiger partial charge on any atom is -0.444 e. The number of urea groups is 1. The van der Waals surface area contributed by atoms with E-state index in [9.17, 15) is 18.8 Å². The van der Waals surface area contributed by atoms with Crippen molar-refractivity contribution in [2.24, 2.45) is 0 Å². The van der Waals surface area contributed by atoms with Gasteiger partial charge in [0.2, 0.25) is 0 Å². The van der Waals surface area contributed by atoms with E-state index in [0.29, 0.717) is 25.9 Å². The molecule has 0 radical (unpaired) electrons. The number of ether oxygens (including phenoxy) is 1. The van der Waals surface area contributed by atoms with E-state index in [4.69, 9.17) is 4.74 Å². The van der Waals surface area contributed by atoms with E-state index in [0.717, 1.165) is 6.07 Å². The average Bonchev–Trinajstić information content (AvgIpc) is 2.89. The summed E-state index contributed by atoms with van der Waals surface area (Å²) in [4.78, 5) is 40.2. The lowest BCUT2D eigenvalue weighted by molar-refractivity contribution is 0.0128. The third-order valence-electron chi connectivity index (χ3n) is 4.40. The zero-order valence-corrected chi connectivity index (χ0v) is 15.1.